The molecule has 4 nitrogen and oxygen atoms in total. The van der Waals surface area contributed by atoms with Gasteiger partial charge in [-0.15, -0.1) is 16.1 Å². The summed E-state index contributed by atoms with van der Waals surface area (Å²) < 4.78 is 4.78. The fourth-order valence-electron chi connectivity index (χ4n) is 0.682. The SMILES string of the molecule is CC#CC(C)(O)c1nnco1. The average Bonchev–Trinajstić information content (AvgIpc) is 2.37. The molecule has 1 aromatic rings. The second-order valence-electron chi connectivity index (χ2n) is 2.19. The lowest BCUT2D eigenvalue weighted by atomic mass is 10.1. The van der Waals surface area contributed by atoms with Gasteiger partial charge in [-0.1, -0.05) is 5.92 Å². The van der Waals surface area contributed by atoms with Crippen LogP contribution in [0.2, 0.25) is 0 Å². The number of rotatable bonds is 1. The lowest BCUT2D eigenvalue weighted by molar-refractivity contribution is 0.0891. The Balaban J connectivity index is 2.96. The van der Waals surface area contributed by atoms with Crippen molar-refractivity contribution in [2.45, 2.75) is 19.4 Å². The van der Waals surface area contributed by atoms with Gasteiger partial charge in [-0.05, 0) is 13.8 Å². The average molecular weight is 152 g/mol. The molecule has 0 saturated carbocycles. The molecule has 1 aromatic heterocycles. The Kier molecular flexibility index (Phi) is 1.92. The van der Waals surface area contributed by atoms with Gasteiger partial charge in [0.15, 0.2) is 0 Å². The van der Waals surface area contributed by atoms with Gasteiger partial charge in [0.25, 0.3) is 5.89 Å². The van der Waals surface area contributed by atoms with E-state index in [2.05, 4.69) is 22.0 Å². The molecule has 0 saturated heterocycles. The maximum atomic E-state index is 9.50. The van der Waals surface area contributed by atoms with Gasteiger partial charge in [-0.3, -0.25) is 0 Å². The summed E-state index contributed by atoms with van der Waals surface area (Å²) in [5.74, 6) is 5.22. The largest absolute Gasteiger partial charge is 0.424 e. The molecule has 0 radical (unpaired) electrons. The van der Waals surface area contributed by atoms with Gasteiger partial charge in [0.2, 0.25) is 12.0 Å². The molecule has 1 N–H and O–H groups in total. The number of hydrogen-bond donors (Lipinski definition) is 1. The highest BCUT2D eigenvalue weighted by Gasteiger charge is 2.25. The summed E-state index contributed by atoms with van der Waals surface area (Å²) in [7, 11) is 0. The molecule has 1 atom stereocenters. The molecule has 58 valence electrons. The minimum Gasteiger partial charge on any atom is -0.424 e. The summed E-state index contributed by atoms with van der Waals surface area (Å²) in [6.45, 7) is 3.13. The predicted octanol–water partition coefficient (Wildman–Crippen LogP) is 0.300. The molecule has 0 spiro atoms. The van der Waals surface area contributed by atoms with E-state index in [9.17, 15) is 5.11 Å². The Labute approximate surface area is 64.3 Å². The smallest absolute Gasteiger partial charge is 0.260 e. The molecule has 0 bridgehead atoms. The topological polar surface area (TPSA) is 59.2 Å². The highest BCUT2D eigenvalue weighted by Crippen LogP contribution is 2.15. The van der Waals surface area contributed by atoms with Crippen molar-refractivity contribution in [3.05, 3.63) is 12.3 Å². The van der Waals surface area contributed by atoms with Crippen LogP contribution in [0.3, 0.4) is 0 Å². The molecular weight excluding hydrogens is 144 g/mol. The van der Waals surface area contributed by atoms with Crippen molar-refractivity contribution in [3.63, 3.8) is 0 Å². The molecule has 0 aromatic carbocycles. The third kappa shape index (κ3) is 1.57. The Bertz CT molecular complexity index is 279. The first-order valence-electron chi connectivity index (χ1n) is 3.10. The molecule has 0 aliphatic rings. The highest BCUT2D eigenvalue weighted by molar-refractivity contribution is 5.15. The maximum Gasteiger partial charge on any atom is 0.260 e. The Morgan fingerprint density at radius 1 is 1.73 bits per heavy atom. The predicted molar refractivity (Wildman–Crippen MR) is 37.3 cm³/mol. The van der Waals surface area contributed by atoms with E-state index in [1.807, 2.05) is 0 Å². The van der Waals surface area contributed by atoms with Crippen LogP contribution >= 0.6 is 0 Å². The second kappa shape index (κ2) is 2.72. The van der Waals surface area contributed by atoms with E-state index in [4.69, 9.17) is 4.42 Å². The van der Waals surface area contributed by atoms with Crippen LogP contribution in [-0.2, 0) is 5.60 Å². The monoisotopic (exact) mass is 152 g/mol. The lowest BCUT2D eigenvalue weighted by Gasteiger charge is -2.08. The molecular formula is C7H8N2O2. The molecule has 11 heavy (non-hydrogen) atoms. The molecule has 0 aliphatic carbocycles. The number of aromatic nitrogens is 2. The number of nitrogens with zero attached hydrogens (tertiary/aromatic N) is 2. The van der Waals surface area contributed by atoms with E-state index in [0.717, 1.165) is 6.39 Å². The molecule has 1 unspecified atom stereocenters. The van der Waals surface area contributed by atoms with Crippen LogP contribution < -0.4 is 0 Å². The van der Waals surface area contributed by atoms with Gasteiger partial charge in [0.1, 0.15) is 0 Å². The van der Waals surface area contributed by atoms with Gasteiger partial charge in [0.05, 0.1) is 0 Å². The summed E-state index contributed by atoms with van der Waals surface area (Å²) in [5, 5.41) is 16.5. The normalized spacial score (nSPS) is 14.8. The second-order valence-corrected chi connectivity index (χ2v) is 2.19. The molecule has 0 amide bonds. The number of hydrogen-bond acceptors (Lipinski definition) is 4. The van der Waals surface area contributed by atoms with Crippen molar-refractivity contribution in [3.8, 4) is 11.8 Å². The van der Waals surface area contributed by atoms with Gasteiger partial charge < -0.3 is 9.52 Å². The van der Waals surface area contributed by atoms with Gasteiger partial charge >= 0.3 is 0 Å². The van der Waals surface area contributed by atoms with Crippen LogP contribution in [0.4, 0.5) is 0 Å². The summed E-state index contributed by atoms with van der Waals surface area (Å²) in [6, 6.07) is 0. The third-order valence-electron chi connectivity index (χ3n) is 1.14. The first-order chi connectivity index (χ1) is 5.17. The van der Waals surface area contributed by atoms with Crippen LogP contribution in [0.15, 0.2) is 10.8 Å². The van der Waals surface area contributed by atoms with Crippen molar-refractivity contribution in [1.82, 2.24) is 10.2 Å². The zero-order valence-corrected chi connectivity index (χ0v) is 6.33. The Morgan fingerprint density at radius 3 is 2.91 bits per heavy atom. The molecule has 0 fully saturated rings. The van der Waals surface area contributed by atoms with E-state index < -0.39 is 5.60 Å². The summed E-state index contributed by atoms with van der Waals surface area (Å²) in [6.07, 6.45) is 1.15. The van der Waals surface area contributed by atoms with Crippen LogP contribution in [-0.4, -0.2) is 15.3 Å². The number of aliphatic hydroxyl groups is 1. The molecule has 0 aliphatic heterocycles. The van der Waals surface area contributed by atoms with Gasteiger partial charge in [-0.25, -0.2) is 0 Å². The quantitative estimate of drug-likeness (QED) is 0.588. The summed E-state index contributed by atoms with van der Waals surface area (Å²) >= 11 is 0. The molecule has 4 heteroatoms. The Hall–Kier alpha value is -1.34. The van der Waals surface area contributed by atoms with Crippen molar-refractivity contribution in [2.24, 2.45) is 0 Å². The maximum absolute atomic E-state index is 9.50. The highest BCUT2D eigenvalue weighted by atomic mass is 16.4. The van der Waals surface area contributed by atoms with Gasteiger partial charge in [-0.2, -0.15) is 0 Å². The third-order valence-corrected chi connectivity index (χ3v) is 1.14. The summed E-state index contributed by atoms with van der Waals surface area (Å²) in [4.78, 5) is 0. The minimum absolute atomic E-state index is 0.117. The standard InChI is InChI=1S/C7H8N2O2/c1-3-4-7(2,10)6-9-8-5-11-6/h5,10H,1-2H3. The van der Waals surface area contributed by atoms with E-state index in [-0.39, 0.29) is 5.89 Å². The zero-order chi connectivity index (χ0) is 8.32. The molecule has 1 heterocycles. The van der Waals surface area contributed by atoms with Gasteiger partial charge in [0, 0.05) is 0 Å². The van der Waals surface area contributed by atoms with E-state index in [1.165, 1.54) is 6.92 Å². The van der Waals surface area contributed by atoms with Crippen molar-refractivity contribution >= 4 is 0 Å². The van der Waals surface area contributed by atoms with E-state index in [0.29, 0.717) is 0 Å². The molecule has 1 rings (SSSR count). The zero-order valence-electron chi connectivity index (χ0n) is 6.33. The van der Waals surface area contributed by atoms with Crippen LogP contribution in [0.5, 0.6) is 0 Å². The van der Waals surface area contributed by atoms with Crippen LogP contribution in [0.25, 0.3) is 0 Å². The minimum atomic E-state index is -1.33. The van der Waals surface area contributed by atoms with Crippen molar-refractivity contribution in [1.29, 1.82) is 0 Å². The first-order valence-corrected chi connectivity index (χ1v) is 3.10. The van der Waals surface area contributed by atoms with E-state index in [1.54, 1.807) is 6.92 Å². The van der Waals surface area contributed by atoms with Crippen LogP contribution in [0.1, 0.15) is 19.7 Å². The van der Waals surface area contributed by atoms with Crippen LogP contribution in [0, 0.1) is 11.8 Å². The van der Waals surface area contributed by atoms with E-state index >= 15 is 0 Å². The fraction of sp³-hybridized carbons (Fsp3) is 0.429. The lowest BCUT2D eigenvalue weighted by Crippen LogP contribution is -2.18. The Morgan fingerprint density at radius 2 is 2.45 bits per heavy atom. The summed E-state index contributed by atoms with van der Waals surface area (Å²) in [5.41, 5.74) is -1.33. The van der Waals surface area contributed by atoms with Crippen molar-refractivity contribution in [2.75, 3.05) is 0 Å². The van der Waals surface area contributed by atoms with Crippen molar-refractivity contribution < 1.29 is 9.52 Å². The first kappa shape index (κ1) is 7.76. The fourth-order valence-corrected chi connectivity index (χ4v) is 0.682.